The molecular formula is C16H15N3O. The molecular weight excluding hydrogens is 250 g/mol. The first-order valence-electron chi connectivity index (χ1n) is 6.56. The fourth-order valence-electron chi connectivity index (χ4n) is 2.16. The quantitative estimate of drug-likeness (QED) is 0.682. The lowest BCUT2D eigenvalue weighted by Crippen LogP contribution is -1.87. The van der Waals surface area contributed by atoms with E-state index in [0.29, 0.717) is 12.2 Å². The van der Waals surface area contributed by atoms with Crippen molar-refractivity contribution in [2.24, 2.45) is 10.2 Å². The number of hydrogen-bond acceptors (Lipinski definition) is 3. The molecule has 1 heterocycles. The van der Waals surface area contributed by atoms with Crippen LogP contribution in [0.4, 0.5) is 5.69 Å². The van der Waals surface area contributed by atoms with Gasteiger partial charge in [0.25, 0.3) is 0 Å². The molecule has 0 saturated heterocycles. The normalized spacial score (nSPS) is 11.4. The monoisotopic (exact) mass is 265 g/mol. The Morgan fingerprint density at radius 2 is 1.70 bits per heavy atom. The summed E-state index contributed by atoms with van der Waals surface area (Å²) in [6.07, 6.45) is 0.841. The van der Waals surface area contributed by atoms with Gasteiger partial charge in [-0.15, -0.1) is 5.11 Å². The first-order valence-corrected chi connectivity index (χ1v) is 6.56. The molecule has 4 nitrogen and oxygen atoms in total. The van der Waals surface area contributed by atoms with Gasteiger partial charge in [-0.2, -0.15) is 5.11 Å². The van der Waals surface area contributed by atoms with Crippen LogP contribution in [0.25, 0.3) is 10.9 Å². The molecule has 0 fully saturated rings. The number of nitrogens with zero attached hydrogens (tertiary/aromatic N) is 2. The van der Waals surface area contributed by atoms with Crippen molar-refractivity contribution in [3.05, 3.63) is 60.2 Å². The Bertz CT molecular complexity index is 732. The topological polar surface area (TPSA) is 60.7 Å². The first kappa shape index (κ1) is 12.4. The Hall–Kier alpha value is -2.62. The number of azo groups is 1. The highest BCUT2D eigenvalue weighted by atomic mass is 16.3. The highest BCUT2D eigenvalue weighted by molar-refractivity contribution is 5.93. The number of rotatable bonds is 4. The number of nitrogens with one attached hydrogen (secondary N) is 1. The zero-order chi connectivity index (χ0) is 13.8. The van der Waals surface area contributed by atoms with Gasteiger partial charge in [0, 0.05) is 5.39 Å². The fourth-order valence-corrected chi connectivity index (χ4v) is 2.16. The zero-order valence-electron chi connectivity index (χ0n) is 11.0. The number of fused-ring (bicyclic) bond motifs is 1. The van der Waals surface area contributed by atoms with E-state index in [2.05, 4.69) is 27.3 Å². The van der Waals surface area contributed by atoms with Crippen molar-refractivity contribution in [3.63, 3.8) is 0 Å². The zero-order valence-corrected chi connectivity index (χ0v) is 11.0. The van der Waals surface area contributed by atoms with Crippen LogP contribution in [0.5, 0.6) is 5.88 Å². The lowest BCUT2D eigenvalue weighted by Gasteiger charge is -1.96. The average molecular weight is 265 g/mol. The number of aromatic hydroxyl groups is 1. The van der Waals surface area contributed by atoms with E-state index in [4.69, 9.17) is 0 Å². The van der Waals surface area contributed by atoms with Crippen molar-refractivity contribution in [1.82, 2.24) is 4.98 Å². The van der Waals surface area contributed by atoms with Gasteiger partial charge < -0.3 is 10.1 Å². The SMILES string of the molecule is Oc1[nH]c2ccccc2c1N=NCCc1ccccc1. The van der Waals surface area contributed by atoms with Crippen LogP contribution in [-0.4, -0.2) is 16.6 Å². The summed E-state index contributed by atoms with van der Waals surface area (Å²) in [4.78, 5) is 2.89. The number of para-hydroxylation sites is 1. The number of aromatic nitrogens is 1. The van der Waals surface area contributed by atoms with Crippen molar-refractivity contribution < 1.29 is 5.11 Å². The Labute approximate surface area is 116 Å². The number of aromatic amines is 1. The molecule has 0 unspecified atom stereocenters. The van der Waals surface area contributed by atoms with Gasteiger partial charge in [0.15, 0.2) is 5.69 Å². The molecule has 0 atom stereocenters. The van der Waals surface area contributed by atoms with Crippen molar-refractivity contribution in [2.75, 3.05) is 6.54 Å². The van der Waals surface area contributed by atoms with E-state index in [9.17, 15) is 5.11 Å². The van der Waals surface area contributed by atoms with Crippen molar-refractivity contribution in [3.8, 4) is 5.88 Å². The lowest BCUT2D eigenvalue weighted by atomic mass is 10.2. The number of H-pyrrole nitrogens is 1. The minimum absolute atomic E-state index is 0.0645. The summed E-state index contributed by atoms with van der Waals surface area (Å²) in [5.74, 6) is 0.0645. The maximum absolute atomic E-state index is 9.84. The van der Waals surface area contributed by atoms with E-state index in [1.807, 2.05) is 42.5 Å². The van der Waals surface area contributed by atoms with Gasteiger partial charge in [0.1, 0.15) is 0 Å². The van der Waals surface area contributed by atoms with Crippen LogP contribution >= 0.6 is 0 Å². The third-order valence-electron chi connectivity index (χ3n) is 3.17. The molecule has 0 aliphatic carbocycles. The number of hydrogen-bond donors (Lipinski definition) is 2. The van der Waals surface area contributed by atoms with Crippen LogP contribution < -0.4 is 0 Å². The van der Waals surface area contributed by atoms with Gasteiger partial charge in [0.2, 0.25) is 5.88 Å². The second-order valence-corrected chi connectivity index (χ2v) is 4.57. The van der Waals surface area contributed by atoms with E-state index >= 15 is 0 Å². The van der Waals surface area contributed by atoms with E-state index < -0.39 is 0 Å². The third kappa shape index (κ3) is 2.54. The van der Waals surface area contributed by atoms with Gasteiger partial charge in [-0.1, -0.05) is 48.5 Å². The molecule has 3 aromatic rings. The summed E-state index contributed by atoms with van der Waals surface area (Å²) in [6, 6.07) is 17.8. The van der Waals surface area contributed by atoms with Crippen LogP contribution in [0.3, 0.4) is 0 Å². The number of benzene rings is 2. The van der Waals surface area contributed by atoms with Crippen LogP contribution in [0.1, 0.15) is 5.56 Å². The van der Waals surface area contributed by atoms with E-state index in [0.717, 1.165) is 17.3 Å². The average Bonchev–Trinajstić information content (AvgIpc) is 2.80. The van der Waals surface area contributed by atoms with Gasteiger partial charge in [-0.25, -0.2) is 0 Å². The highest BCUT2D eigenvalue weighted by Crippen LogP contribution is 2.35. The molecule has 0 radical (unpaired) electrons. The predicted octanol–water partition coefficient (Wildman–Crippen LogP) is 4.20. The lowest BCUT2D eigenvalue weighted by molar-refractivity contribution is 0.459. The van der Waals surface area contributed by atoms with E-state index in [1.54, 1.807) is 0 Å². The third-order valence-corrected chi connectivity index (χ3v) is 3.17. The molecule has 0 amide bonds. The van der Waals surface area contributed by atoms with Gasteiger partial charge in [0.05, 0.1) is 12.1 Å². The Kier molecular flexibility index (Phi) is 3.46. The van der Waals surface area contributed by atoms with Crippen LogP contribution in [0.15, 0.2) is 64.8 Å². The minimum Gasteiger partial charge on any atom is -0.493 e. The predicted molar refractivity (Wildman–Crippen MR) is 79.5 cm³/mol. The minimum atomic E-state index is 0.0645. The molecule has 100 valence electrons. The highest BCUT2D eigenvalue weighted by Gasteiger charge is 2.08. The van der Waals surface area contributed by atoms with Crippen molar-refractivity contribution in [2.45, 2.75) is 6.42 Å². The van der Waals surface area contributed by atoms with E-state index in [-0.39, 0.29) is 5.88 Å². The Morgan fingerprint density at radius 3 is 2.55 bits per heavy atom. The van der Waals surface area contributed by atoms with Crippen molar-refractivity contribution >= 4 is 16.6 Å². The van der Waals surface area contributed by atoms with Crippen LogP contribution in [-0.2, 0) is 6.42 Å². The summed E-state index contributed by atoms with van der Waals surface area (Å²) in [5, 5.41) is 19.0. The molecule has 0 bridgehead atoms. The van der Waals surface area contributed by atoms with Gasteiger partial charge in [-0.05, 0) is 18.1 Å². The molecule has 0 aliphatic heterocycles. The van der Waals surface area contributed by atoms with Gasteiger partial charge in [-0.3, -0.25) is 0 Å². The molecule has 3 rings (SSSR count). The van der Waals surface area contributed by atoms with Crippen molar-refractivity contribution in [1.29, 1.82) is 0 Å². The summed E-state index contributed by atoms with van der Waals surface area (Å²) in [5.41, 5.74) is 2.60. The summed E-state index contributed by atoms with van der Waals surface area (Å²) in [7, 11) is 0. The molecule has 20 heavy (non-hydrogen) atoms. The summed E-state index contributed by atoms with van der Waals surface area (Å²) < 4.78 is 0. The molecule has 4 heteroatoms. The second kappa shape index (κ2) is 5.57. The second-order valence-electron chi connectivity index (χ2n) is 4.57. The van der Waals surface area contributed by atoms with E-state index in [1.165, 1.54) is 5.56 Å². The fraction of sp³-hybridized carbons (Fsp3) is 0.125. The van der Waals surface area contributed by atoms with Crippen LogP contribution in [0.2, 0.25) is 0 Å². The Morgan fingerprint density at radius 1 is 0.950 bits per heavy atom. The Balaban J connectivity index is 1.73. The molecule has 0 aliphatic rings. The molecule has 0 spiro atoms. The summed E-state index contributed by atoms with van der Waals surface area (Å²) in [6.45, 7) is 0.600. The standard InChI is InChI=1S/C16H15N3O/c20-16-15(13-8-4-5-9-14(13)18-16)19-17-11-10-12-6-2-1-3-7-12/h1-9,18,20H,10-11H2. The smallest absolute Gasteiger partial charge is 0.218 e. The van der Waals surface area contributed by atoms with Crippen LogP contribution in [0, 0.1) is 0 Å². The maximum atomic E-state index is 9.84. The molecule has 2 aromatic carbocycles. The maximum Gasteiger partial charge on any atom is 0.218 e. The molecule has 1 aromatic heterocycles. The summed E-state index contributed by atoms with van der Waals surface area (Å²) >= 11 is 0. The molecule has 2 N–H and O–H groups in total. The molecule has 0 saturated carbocycles. The van der Waals surface area contributed by atoms with Gasteiger partial charge >= 0.3 is 0 Å². The first-order chi connectivity index (χ1) is 9.84. The largest absolute Gasteiger partial charge is 0.493 e.